The molecule has 1 aromatic rings. The maximum absolute atomic E-state index is 11.9. The second-order valence-electron chi connectivity index (χ2n) is 5.26. The van der Waals surface area contributed by atoms with E-state index in [2.05, 4.69) is 20.8 Å². The van der Waals surface area contributed by atoms with Gasteiger partial charge >= 0.3 is 5.97 Å². The molecule has 3 nitrogen and oxygen atoms in total. The Morgan fingerprint density at radius 2 is 1.65 bits per heavy atom. The third kappa shape index (κ3) is 3.40. The van der Waals surface area contributed by atoms with E-state index in [0.29, 0.717) is 5.56 Å². The topological polar surface area (TPSA) is 46.5 Å². The number of hydrogen-bond donors (Lipinski definition) is 1. The average molecular weight is 256 g/mol. The Morgan fingerprint density at radius 1 is 1.18 bits per heavy atom. The van der Waals surface area contributed by atoms with Gasteiger partial charge in [0, 0.05) is 4.75 Å². The van der Waals surface area contributed by atoms with Crippen molar-refractivity contribution in [2.45, 2.75) is 25.5 Å². The van der Waals surface area contributed by atoms with E-state index in [9.17, 15) is 4.79 Å². The van der Waals surface area contributed by atoms with Crippen LogP contribution in [0.1, 0.15) is 31.1 Å². The van der Waals surface area contributed by atoms with Crippen LogP contribution in [0.2, 0.25) is 0 Å². The first-order valence-corrected chi connectivity index (χ1v) is 7.77. The van der Waals surface area contributed by atoms with E-state index >= 15 is 0 Å². The number of phenols is 1. The van der Waals surface area contributed by atoms with Crippen LogP contribution in [0.5, 0.6) is 5.75 Å². The molecule has 0 bridgehead atoms. The summed E-state index contributed by atoms with van der Waals surface area (Å²) in [6.45, 7) is 6.19. The zero-order chi connectivity index (χ0) is 13.3. The second kappa shape index (κ2) is 4.61. The summed E-state index contributed by atoms with van der Waals surface area (Å²) in [6.07, 6.45) is 3.95. The Hall–Kier alpha value is -1.16. The van der Waals surface area contributed by atoms with Crippen LogP contribution in [0.3, 0.4) is 0 Å². The molecule has 0 aliphatic rings. The van der Waals surface area contributed by atoms with E-state index < -0.39 is 10.3 Å². The van der Waals surface area contributed by atoms with Gasteiger partial charge in [0.05, 0.1) is 5.56 Å². The summed E-state index contributed by atoms with van der Waals surface area (Å²) in [5.41, 5.74) is 0.465. The van der Waals surface area contributed by atoms with Crippen LogP contribution in [0.25, 0.3) is 0 Å². The molecule has 17 heavy (non-hydrogen) atoms. The molecule has 0 unspecified atom stereocenters. The fraction of sp³-hybridized carbons (Fsp3) is 0.462. The zero-order valence-corrected chi connectivity index (χ0v) is 11.8. The van der Waals surface area contributed by atoms with Crippen LogP contribution in [-0.2, 0) is 4.18 Å². The Labute approximate surface area is 104 Å². The molecule has 1 aromatic carbocycles. The molecule has 4 heteroatoms. The summed E-state index contributed by atoms with van der Waals surface area (Å²) in [5, 5.41) is 9.15. The van der Waals surface area contributed by atoms with Gasteiger partial charge in [-0.25, -0.2) is 4.79 Å². The van der Waals surface area contributed by atoms with E-state index in [-0.39, 0.29) is 16.5 Å². The lowest BCUT2D eigenvalue weighted by Crippen LogP contribution is -2.27. The lowest BCUT2D eigenvalue weighted by Gasteiger charge is -2.42. The van der Waals surface area contributed by atoms with Gasteiger partial charge in [0.15, 0.2) is 0 Å². The van der Waals surface area contributed by atoms with Crippen LogP contribution < -0.4 is 0 Å². The summed E-state index contributed by atoms with van der Waals surface area (Å²) in [7, 11) is -1.47. The quantitative estimate of drug-likeness (QED) is 0.883. The number of aromatic hydroxyl groups is 1. The highest BCUT2D eigenvalue weighted by molar-refractivity contribution is 8.30. The molecular formula is C13H20O3S. The molecule has 1 N–H and O–H groups in total. The van der Waals surface area contributed by atoms with Gasteiger partial charge in [-0.3, -0.25) is 0 Å². The number of hydrogen-bond acceptors (Lipinski definition) is 3. The fourth-order valence-electron chi connectivity index (χ4n) is 0.960. The standard InChI is InChI=1S/C13H20O3S/c1-13(2,3)17(4,5)16-12(15)10-6-8-11(14)9-7-10/h6-9,14H,1-5H3. The minimum atomic E-state index is -1.47. The third-order valence-corrected chi connectivity index (χ3v) is 6.38. The van der Waals surface area contributed by atoms with E-state index in [1.54, 1.807) is 12.1 Å². The average Bonchev–Trinajstić information content (AvgIpc) is 2.16. The van der Waals surface area contributed by atoms with Gasteiger partial charge in [-0.2, -0.15) is 0 Å². The fourth-order valence-corrected chi connectivity index (χ4v) is 1.68. The smallest absolute Gasteiger partial charge is 0.348 e. The zero-order valence-electron chi connectivity index (χ0n) is 11.0. The molecule has 0 heterocycles. The van der Waals surface area contributed by atoms with Crippen LogP contribution in [0.4, 0.5) is 0 Å². The van der Waals surface area contributed by atoms with Gasteiger partial charge in [-0.1, -0.05) is 10.3 Å². The minimum Gasteiger partial charge on any atom is -0.508 e. The van der Waals surface area contributed by atoms with Crippen molar-refractivity contribution in [2.24, 2.45) is 0 Å². The van der Waals surface area contributed by atoms with Crippen molar-refractivity contribution in [2.75, 3.05) is 12.5 Å². The Bertz CT molecular complexity index is 402. The largest absolute Gasteiger partial charge is 0.508 e. The van der Waals surface area contributed by atoms with Crippen LogP contribution in [-0.4, -0.2) is 28.3 Å². The predicted molar refractivity (Wildman–Crippen MR) is 72.7 cm³/mol. The summed E-state index contributed by atoms with van der Waals surface area (Å²) in [6, 6.07) is 6.09. The maximum Gasteiger partial charge on any atom is 0.348 e. The van der Waals surface area contributed by atoms with Crippen molar-refractivity contribution < 1.29 is 14.1 Å². The summed E-state index contributed by atoms with van der Waals surface area (Å²) < 4.78 is 5.53. The summed E-state index contributed by atoms with van der Waals surface area (Å²) in [4.78, 5) is 11.9. The molecule has 0 aliphatic carbocycles. The SMILES string of the molecule is CC(C)(C)S(C)(C)OC(=O)c1ccc(O)cc1. The van der Waals surface area contributed by atoms with Gasteiger partial charge in [0.2, 0.25) is 0 Å². The number of phenolic OH excluding ortho intramolecular Hbond substituents is 1. The van der Waals surface area contributed by atoms with Crippen molar-refractivity contribution in [1.29, 1.82) is 0 Å². The molecular weight excluding hydrogens is 236 g/mol. The first-order chi connectivity index (χ1) is 7.63. The summed E-state index contributed by atoms with van der Waals surface area (Å²) in [5.74, 6) is -0.191. The van der Waals surface area contributed by atoms with Crippen LogP contribution >= 0.6 is 10.3 Å². The van der Waals surface area contributed by atoms with E-state index in [1.165, 1.54) is 12.1 Å². The normalized spacial score (nSPS) is 13.2. The van der Waals surface area contributed by atoms with E-state index in [4.69, 9.17) is 9.29 Å². The van der Waals surface area contributed by atoms with Crippen molar-refractivity contribution >= 4 is 16.3 Å². The van der Waals surface area contributed by atoms with E-state index in [0.717, 1.165) is 0 Å². The van der Waals surface area contributed by atoms with Crippen LogP contribution in [0, 0.1) is 0 Å². The summed E-state index contributed by atoms with van der Waals surface area (Å²) >= 11 is 0. The van der Waals surface area contributed by atoms with Crippen molar-refractivity contribution in [3.8, 4) is 5.75 Å². The number of benzene rings is 1. The van der Waals surface area contributed by atoms with Crippen molar-refractivity contribution in [3.63, 3.8) is 0 Å². The van der Waals surface area contributed by atoms with E-state index in [1.807, 2.05) is 12.5 Å². The highest BCUT2D eigenvalue weighted by Crippen LogP contribution is 2.54. The molecule has 0 saturated carbocycles. The molecule has 96 valence electrons. The second-order valence-corrected chi connectivity index (χ2v) is 9.12. The molecule has 0 atom stereocenters. The Morgan fingerprint density at radius 3 is 2.06 bits per heavy atom. The first-order valence-electron chi connectivity index (χ1n) is 5.39. The molecule has 0 aromatic heterocycles. The monoisotopic (exact) mass is 256 g/mol. The van der Waals surface area contributed by atoms with Gasteiger partial charge in [0.25, 0.3) is 0 Å². The first kappa shape index (κ1) is 13.9. The lowest BCUT2D eigenvalue weighted by molar-refractivity contribution is 0.0756. The Balaban J connectivity index is 2.83. The maximum atomic E-state index is 11.9. The van der Waals surface area contributed by atoms with Gasteiger partial charge in [-0.15, -0.1) is 0 Å². The molecule has 1 rings (SSSR count). The Kier molecular flexibility index (Phi) is 3.77. The molecule has 0 saturated heterocycles. The number of carbonyl (C=O) groups excluding carboxylic acids is 1. The van der Waals surface area contributed by atoms with Crippen molar-refractivity contribution in [3.05, 3.63) is 29.8 Å². The lowest BCUT2D eigenvalue weighted by atomic mass is 10.2. The van der Waals surface area contributed by atoms with Gasteiger partial charge < -0.3 is 9.29 Å². The van der Waals surface area contributed by atoms with Gasteiger partial charge in [-0.05, 0) is 57.5 Å². The van der Waals surface area contributed by atoms with Crippen molar-refractivity contribution in [1.82, 2.24) is 0 Å². The highest BCUT2D eigenvalue weighted by atomic mass is 32.3. The number of carbonyl (C=O) groups is 1. The third-order valence-electron chi connectivity index (χ3n) is 2.86. The molecule has 0 spiro atoms. The van der Waals surface area contributed by atoms with Gasteiger partial charge in [0.1, 0.15) is 5.75 Å². The molecule has 0 amide bonds. The highest BCUT2D eigenvalue weighted by Gasteiger charge is 2.32. The molecule has 0 aliphatic heterocycles. The molecule has 0 radical (unpaired) electrons. The predicted octanol–water partition coefficient (Wildman–Crippen LogP) is 3.33. The van der Waals surface area contributed by atoms with Crippen LogP contribution in [0.15, 0.2) is 24.3 Å². The number of rotatable bonds is 2. The molecule has 0 fully saturated rings. The minimum absolute atomic E-state index is 0.0560.